The van der Waals surface area contributed by atoms with Crippen LogP contribution in [0.2, 0.25) is 0 Å². The van der Waals surface area contributed by atoms with Gasteiger partial charge in [-0.3, -0.25) is 14.4 Å². The number of benzene rings is 3. The molecule has 1 N–H and O–H groups in total. The second kappa shape index (κ2) is 18.5. The average molecular weight is 816 g/mol. The molecule has 1 unspecified atom stereocenters. The molecule has 0 spiro atoms. The van der Waals surface area contributed by atoms with E-state index in [2.05, 4.69) is 74.6 Å². The van der Waals surface area contributed by atoms with E-state index in [0.717, 1.165) is 48.8 Å². The first kappa shape index (κ1) is 42.8. The molecule has 0 aliphatic heterocycles. The van der Waals surface area contributed by atoms with Crippen LogP contribution in [0.1, 0.15) is 109 Å². The number of fused-ring (bicyclic) bond motifs is 5. The highest BCUT2D eigenvalue weighted by Gasteiger charge is 2.59. The number of hydroxylamine groups is 1. The van der Waals surface area contributed by atoms with Crippen LogP contribution in [0.25, 0.3) is 0 Å². The molecule has 7 rings (SSSR count). The quantitative estimate of drug-likeness (QED) is 0.0405. The molecule has 0 heterocycles. The Kier molecular flexibility index (Phi) is 13.4. The summed E-state index contributed by atoms with van der Waals surface area (Å²) >= 11 is 1.63. The smallest absolute Gasteiger partial charge is 0.327 e. The van der Waals surface area contributed by atoms with Crippen LogP contribution in [0.15, 0.2) is 103 Å². The third-order valence-corrected chi connectivity index (χ3v) is 16.5. The topological polar surface area (TPSA) is 90.9 Å². The Hall–Kier alpha value is -4.32. The Bertz CT molecular complexity index is 1900. The van der Waals surface area contributed by atoms with Crippen LogP contribution in [-0.2, 0) is 33.4 Å². The zero-order valence-electron chi connectivity index (χ0n) is 35.2. The molecule has 0 radical (unpaired) electrons. The minimum Gasteiger partial charge on any atom is -0.461 e. The lowest BCUT2D eigenvalue weighted by atomic mass is 9.47. The molecule has 4 aliphatic rings. The number of carbonyl (C=O) groups excluding carboxylic acids is 3. The summed E-state index contributed by atoms with van der Waals surface area (Å²) in [7, 11) is 0. The van der Waals surface area contributed by atoms with Crippen molar-refractivity contribution >= 4 is 29.7 Å². The SMILES string of the molecule is C#CCOC(=O)CC[C@@H](C)[C@H]1CC[C@H]2[C@@H]3CC=C4C[C@H](OC(=O)C(CSC(c5ccccc5)(c5ccccc5)c5ccccc5)NOC(C)=O)CC[C@]4(C)[C@H]3CC[C@]12C. The number of rotatable bonds is 15. The molecule has 4 aliphatic carbocycles. The van der Waals surface area contributed by atoms with E-state index in [1.54, 1.807) is 11.8 Å². The first-order valence-electron chi connectivity index (χ1n) is 21.7. The normalized spacial score (nSPS) is 28.3. The summed E-state index contributed by atoms with van der Waals surface area (Å²) in [5.41, 5.74) is 7.86. The van der Waals surface area contributed by atoms with Gasteiger partial charge in [0, 0.05) is 25.5 Å². The van der Waals surface area contributed by atoms with Gasteiger partial charge in [-0.2, -0.15) is 0 Å². The monoisotopic (exact) mass is 815 g/mol. The maximum Gasteiger partial charge on any atom is 0.327 e. The predicted octanol–water partition coefficient (Wildman–Crippen LogP) is 10.2. The van der Waals surface area contributed by atoms with E-state index in [-0.39, 0.29) is 35.3 Å². The summed E-state index contributed by atoms with van der Waals surface area (Å²) in [6, 6.07) is 30.2. The summed E-state index contributed by atoms with van der Waals surface area (Å²) in [6.45, 7) is 8.73. The molecule has 3 aromatic rings. The van der Waals surface area contributed by atoms with E-state index in [1.807, 2.05) is 54.6 Å². The molecule has 0 aromatic heterocycles. The van der Waals surface area contributed by atoms with Gasteiger partial charge >= 0.3 is 17.9 Å². The van der Waals surface area contributed by atoms with Crippen LogP contribution in [0.4, 0.5) is 0 Å². The zero-order chi connectivity index (χ0) is 41.6. The van der Waals surface area contributed by atoms with Gasteiger partial charge in [-0.05, 0) is 108 Å². The average Bonchev–Trinajstić information content (AvgIpc) is 3.61. The number of carbonyl (C=O) groups is 3. The number of hydrogen-bond donors (Lipinski definition) is 1. The molecule has 8 heteroatoms. The Morgan fingerprint density at radius 2 is 1.51 bits per heavy atom. The van der Waals surface area contributed by atoms with Gasteiger partial charge in [0.2, 0.25) is 0 Å². The number of esters is 2. The summed E-state index contributed by atoms with van der Waals surface area (Å²) in [6.07, 6.45) is 17.3. The summed E-state index contributed by atoms with van der Waals surface area (Å²) in [5.74, 6) is 4.56. The molecule has 0 amide bonds. The highest BCUT2D eigenvalue weighted by molar-refractivity contribution is 8.00. The fourth-order valence-corrected chi connectivity index (χ4v) is 13.5. The number of nitrogens with one attached hydrogen (secondary N) is 1. The molecular weight excluding hydrogens is 755 g/mol. The van der Waals surface area contributed by atoms with Crippen molar-refractivity contribution in [2.45, 2.75) is 109 Å². The molecule has 3 fully saturated rings. The lowest BCUT2D eigenvalue weighted by molar-refractivity contribution is -0.162. The second-order valence-electron chi connectivity index (χ2n) is 18.0. The standard InChI is InChI=1S/C51H61NO6S/c1-6-32-56-47(54)27-22-35(2)43-25-26-44-42-24-23-40-33-41(28-30-49(40,4)45(42)29-31-50(43,44)5)57-48(55)46(52-58-36(3)53)34-59-51(37-16-10-7-11-17-37,38-18-12-8-13-19-38)39-20-14-9-15-21-39/h1,7-21,23,35,41-46,52H,22,24-34H2,2-5H3/t35-,41-,42+,43-,44+,45+,46?,49+,50-/m1/s1. The number of thioether (sulfide) groups is 1. The van der Waals surface area contributed by atoms with Crippen molar-refractivity contribution < 1.29 is 28.7 Å². The van der Waals surface area contributed by atoms with Gasteiger partial charge < -0.3 is 14.3 Å². The van der Waals surface area contributed by atoms with Gasteiger partial charge in [0.05, 0.1) is 4.75 Å². The minimum atomic E-state index is -0.889. The minimum absolute atomic E-state index is 0.0457. The fourth-order valence-electron chi connectivity index (χ4n) is 12.0. The maximum absolute atomic E-state index is 14.3. The highest BCUT2D eigenvalue weighted by Crippen LogP contribution is 2.67. The van der Waals surface area contributed by atoms with Crippen LogP contribution in [0.5, 0.6) is 0 Å². The van der Waals surface area contributed by atoms with Crippen molar-refractivity contribution in [2.24, 2.45) is 40.4 Å². The van der Waals surface area contributed by atoms with Crippen LogP contribution >= 0.6 is 11.8 Å². The van der Waals surface area contributed by atoms with Gasteiger partial charge in [0.15, 0.2) is 6.61 Å². The number of ether oxygens (including phenoxy) is 2. The van der Waals surface area contributed by atoms with Crippen LogP contribution in [-0.4, -0.2) is 42.4 Å². The van der Waals surface area contributed by atoms with Crippen molar-refractivity contribution in [3.8, 4) is 12.3 Å². The molecule has 7 nitrogen and oxygen atoms in total. The Balaban J connectivity index is 1.05. The van der Waals surface area contributed by atoms with Gasteiger partial charge in [0.25, 0.3) is 0 Å². The Labute approximate surface area is 355 Å². The third-order valence-electron chi connectivity index (χ3n) is 14.9. The van der Waals surface area contributed by atoms with Gasteiger partial charge in [-0.25, -0.2) is 0 Å². The second-order valence-corrected chi connectivity index (χ2v) is 19.3. The molecule has 3 aromatic carbocycles. The summed E-state index contributed by atoms with van der Waals surface area (Å²) in [4.78, 5) is 43.9. The maximum atomic E-state index is 14.3. The molecule has 3 saturated carbocycles. The van der Waals surface area contributed by atoms with Crippen molar-refractivity contribution in [3.05, 3.63) is 119 Å². The van der Waals surface area contributed by atoms with Crippen LogP contribution in [0.3, 0.4) is 0 Å². The molecule has 59 heavy (non-hydrogen) atoms. The van der Waals surface area contributed by atoms with E-state index < -0.39 is 22.7 Å². The molecular formula is C51H61NO6S. The first-order valence-corrected chi connectivity index (χ1v) is 22.7. The fraction of sp³-hybridized carbons (Fsp3) is 0.510. The largest absolute Gasteiger partial charge is 0.461 e. The van der Waals surface area contributed by atoms with E-state index in [4.69, 9.17) is 20.7 Å². The third kappa shape index (κ3) is 8.79. The van der Waals surface area contributed by atoms with E-state index in [9.17, 15) is 14.4 Å². The first-order chi connectivity index (χ1) is 28.5. The summed E-state index contributed by atoms with van der Waals surface area (Å²) in [5, 5.41) is 0. The van der Waals surface area contributed by atoms with E-state index in [0.29, 0.717) is 36.0 Å². The number of allylic oxidation sites excluding steroid dienone is 1. The number of terminal acetylenes is 1. The lowest BCUT2D eigenvalue weighted by Gasteiger charge is -2.58. The zero-order valence-corrected chi connectivity index (χ0v) is 36.0. The van der Waals surface area contributed by atoms with Gasteiger partial charge in [-0.15, -0.1) is 23.7 Å². The van der Waals surface area contributed by atoms with Crippen molar-refractivity contribution in [1.82, 2.24) is 5.48 Å². The van der Waals surface area contributed by atoms with E-state index in [1.165, 1.54) is 38.2 Å². The molecule has 0 bridgehead atoms. The van der Waals surface area contributed by atoms with Crippen LogP contribution < -0.4 is 5.48 Å². The van der Waals surface area contributed by atoms with Gasteiger partial charge in [0.1, 0.15) is 12.1 Å². The molecule has 0 saturated heterocycles. The highest BCUT2D eigenvalue weighted by atomic mass is 32.2. The van der Waals surface area contributed by atoms with Crippen LogP contribution in [0, 0.1) is 52.8 Å². The Morgan fingerprint density at radius 3 is 2.10 bits per heavy atom. The van der Waals surface area contributed by atoms with Gasteiger partial charge in [-0.1, -0.05) is 129 Å². The summed E-state index contributed by atoms with van der Waals surface area (Å²) < 4.78 is 10.9. The van der Waals surface area contributed by atoms with Crippen molar-refractivity contribution in [3.63, 3.8) is 0 Å². The van der Waals surface area contributed by atoms with Crippen molar-refractivity contribution in [2.75, 3.05) is 12.4 Å². The predicted molar refractivity (Wildman–Crippen MR) is 234 cm³/mol. The van der Waals surface area contributed by atoms with Crippen molar-refractivity contribution in [1.29, 1.82) is 0 Å². The molecule has 9 atom stereocenters. The Morgan fingerprint density at radius 1 is 0.881 bits per heavy atom. The number of hydrogen-bond acceptors (Lipinski definition) is 8. The van der Waals surface area contributed by atoms with E-state index >= 15 is 0 Å². The molecule has 312 valence electrons. The lowest BCUT2D eigenvalue weighted by Crippen LogP contribution is -2.51.